The largest absolute Gasteiger partial charge is 0.469 e. The fraction of sp³-hybridized carbons (Fsp3) is 0.545. The molecule has 1 aromatic rings. The van der Waals surface area contributed by atoms with Crippen molar-refractivity contribution in [3.05, 3.63) is 22.5 Å². The van der Waals surface area contributed by atoms with Gasteiger partial charge in [0.1, 0.15) is 12.4 Å². The zero-order chi connectivity index (χ0) is 13.9. The van der Waals surface area contributed by atoms with E-state index < -0.39 is 4.92 Å². The maximum Gasteiger partial charge on any atom is 0.306 e. The topological polar surface area (TPSA) is 95.2 Å². The number of nitrogens with zero attached hydrogens (tertiary/aromatic N) is 3. The Morgan fingerprint density at radius 1 is 1.53 bits per heavy atom. The van der Waals surface area contributed by atoms with Gasteiger partial charge >= 0.3 is 11.7 Å². The molecule has 0 spiro atoms. The molecule has 102 valence electrons. The number of carbonyl (C=O) groups excluding carboxylic acids is 1. The summed E-state index contributed by atoms with van der Waals surface area (Å²) in [5.41, 5.74) is -0.136. The van der Waals surface area contributed by atoms with E-state index in [1.54, 1.807) is 0 Å². The van der Waals surface area contributed by atoms with Crippen LogP contribution in [0, 0.1) is 15.5 Å². The maximum absolute atomic E-state index is 11.3. The van der Waals surface area contributed by atoms with Crippen molar-refractivity contribution in [3.8, 4) is 0 Å². The van der Waals surface area contributed by atoms with Crippen molar-refractivity contribution in [1.29, 1.82) is 0 Å². The van der Waals surface area contributed by atoms with Gasteiger partial charge in [0, 0.05) is 5.75 Å². The van der Waals surface area contributed by atoms with E-state index in [2.05, 4.69) is 14.7 Å². The lowest BCUT2D eigenvalue weighted by atomic mass is 10.1. The number of methoxy groups -OCH3 is 1. The summed E-state index contributed by atoms with van der Waals surface area (Å²) in [6.45, 7) is 0. The van der Waals surface area contributed by atoms with E-state index in [4.69, 9.17) is 0 Å². The van der Waals surface area contributed by atoms with E-state index in [0.29, 0.717) is 11.6 Å². The van der Waals surface area contributed by atoms with Crippen LogP contribution in [0.2, 0.25) is 0 Å². The second-order valence-electron chi connectivity index (χ2n) is 4.52. The third kappa shape index (κ3) is 3.63. The summed E-state index contributed by atoms with van der Waals surface area (Å²) < 4.78 is 4.67. The number of nitro groups is 1. The van der Waals surface area contributed by atoms with Crippen LogP contribution in [0.3, 0.4) is 0 Å². The number of ether oxygens (including phenoxy) is 1. The minimum atomic E-state index is -0.534. The van der Waals surface area contributed by atoms with Gasteiger partial charge in [0.25, 0.3) is 0 Å². The smallest absolute Gasteiger partial charge is 0.306 e. The Morgan fingerprint density at radius 2 is 2.16 bits per heavy atom. The lowest BCUT2D eigenvalue weighted by molar-refractivity contribution is -0.385. The van der Waals surface area contributed by atoms with Gasteiger partial charge in [-0.15, -0.1) is 0 Å². The number of aromatic nitrogens is 2. The molecule has 7 nitrogen and oxygen atoms in total. The molecule has 0 amide bonds. The molecular formula is C11H13N3O4S. The molecule has 0 bridgehead atoms. The van der Waals surface area contributed by atoms with E-state index in [1.165, 1.54) is 31.3 Å². The molecule has 19 heavy (non-hydrogen) atoms. The highest BCUT2D eigenvalue weighted by Gasteiger charge is 2.44. The fourth-order valence-corrected chi connectivity index (χ4v) is 2.70. The summed E-state index contributed by atoms with van der Waals surface area (Å²) in [5, 5.41) is 10.9. The molecule has 0 unspecified atom stereocenters. The normalized spacial score (nSPS) is 15.8. The standard InChI is InChI=1S/C11H13N3O4S/c1-18-9(15)4-11(2-3-11)7-19-10-12-5-8(6-13-10)14(16)17/h5-6H,2-4,7H2,1H3. The van der Waals surface area contributed by atoms with Gasteiger partial charge in [0.05, 0.1) is 18.5 Å². The molecule has 0 N–H and O–H groups in total. The van der Waals surface area contributed by atoms with Crippen molar-refractivity contribution in [1.82, 2.24) is 9.97 Å². The quantitative estimate of drug-likeness (QED) is 0.258. The second kappa shape index (κ2) is 5.52. The van der Waals surface area contributed by atoms with Crippen LogP contribution in [-0.2, 0) is 9.53 Å². The van der Waals surface area contributed by atoms with E-state index in [9.17, 15) is 14.9 Å². The highest BCUT2D eigenvalue weighted by atomic mass is 32.2. The zero-order valence-corrected chi connectivity index (χ0v) is 11.2. The van der Waals surface area contributed by atoms with Crippen LogP contribution < -0.4 is 0 Å². The van der Waals surface area contributed by atoms with Gasteiger partial charge in [-0.25, -0.2) is 9.97 Å². The molecule has 1 saturated carbocycles. The van der Waals surface area contributed by atoms with E-state index in [0.717, 1.165) is 18.6 Å². The number of hydrogen-bond acceptors (Lipinski definition) is 7. The maximum atomic E-state index is 11.3. The summed E-state index contributed by atoms with van der Waals surface area (Å²) >= 11 is 1.41. The Bertz CT molecular complexity index is 487. The Kier molecular flexibility index (Phi) is 3.98. The number of hydrogen-bond donors (Lipinski definition) is 0. The number of rotatable bonds is 6. The van der Waals surface area contributed by atoms with Crippen molar-refractivity contribution in [3.63, 3.8) is 0 Å². The van der Waals surface area contributed by atoms with Crippen LogP contribution >= 0.6 is 11.8 Å². The monoisotopic (exact) mass is 283 g/mol. The average molecular weight is 283 g/mol. The summed E-state index contributed by atoms with van der Waals surface area (Å²) in [7, 11) is 1.38. The van der Waals surface area contributed by atoms with Gasteiger partial charge in [0.15, 0.2) is 5.16 Å². The Labute approximate surface area is 113 Å². The zero-order valence-electron chi connectivity index (χ0n) is 10.4. The van der Waals surface area contributed by atoms with Crippen LogP contribution in [0.25, 0.3) is 0 Å². The Balaban J connectivity index is 1.88. The second-order valence-corrected chi connectivity index (χ2v) is 5.47. The summed E-state index contributed by atoms with van der Waals surface area (Å²) in [6.07, 6.45) is 4.76. The van der Waals surface area contributed by atoms with E-state index in [-0.39, 0.29) is 17.1 Å². The highest BCUT2D eigenvalue weighted by molar-refractivity contribution is 7.99. The van der Waals surface area contributed by atoms with E-state index >= 15 is 0 Å². The predicted octanol–water partition coefficient (Wildman–Crippen LogP) is 1.82. The molecule has 0 atom stereocenters. The summed E-state index contributed by atoms with van der Waals surface area (Å²) in [6, 6.07) is 0. The molecule has 1 heterocycles. The van der Waals surface area contributed by atoms with Gasteiger partial charge in [-0.2, -0.15) is 0 Å². The van der Waals surface area contributed by atoms with Crippen molar-refractivity contribution >= 4 is 23.4 Å². The van der Waals surface area contributed by atoms with Gasteiger partial charge in [0.2, 0.25) is 0 Å². The SMILES string of the molecule is COC(=O)CC1(CSc2ncc([N+](=O)[O-])cn2)CC1. The summed E-state index contributed by atoms with van der Waals surface area (Å²) in [4.78, 5) is 29.0. The molecule has 0 aliphatic heterocycles. The molecule has 0 radical (unpaired) electrons. The first-order valence-corrected chi connectivity index (χ1v) is 6.69. The van der Waals surface area contributed by atoms with Gasteiger partial charge in [-0.05, 0) is 18.3 Å². The molecule has 1 aliphatic rings. The minimum Gasteiger partial charge on any atom is -0.469 e. The lowest BCUT2D eigenvalue weighted by Gasteiger charge is -2.11. The molecule has 8 heteroatoms. The van der Waals surface area contributed by atoms with Crippen LogP contribution in [-0.4, -0.2) is 33.7 Å². The number of esters is 1. The van der Waals surface area contributed by atoms with Crippen LogP contribution in [0.4, 0.5) is 5.69 Å². The molecule has 1 fully saturated rings. The fourth-order valence-electron chi connectivity index (χ4n) is 1.62. The molecule has 1 aromatic heterocycles. The molecule has 0 aromatic carbocycles. The first-order valence-electron chi connectivity index (χ1n) is 5.71. The lowest BCUT2D eigenvalue weighted by Crippen LogP contribution is -2.13. The molecular weight excluding hydrogens is 270 g/mol. The van der Waals surface area contributed by atoms with Crippen molar-refractivity contribution in [2.75, 3.05) is 12.9 Å². The first-order chi connectivity index (χ1) is 9.04. The van der Waals surface area contributed by atoms with Gasteiger partial charge in [-0.3, -0.25) is 14.9 Å². The highest BCUT2D eigenvalue weighted by Crippen LogP contribution is 2.51. The molecule has 1 aliphatic carbocycles. The predicted molar refractivity (Wildman–Crippen MR) is 67.7 cm³/mol. The first kappa shape index (κ1) is 13.7. The average Bonchev–Trinajstić information content (AvgIpc) is 3.17. The van der Waals surface area contributed by atoms with Crippen LogP contribution in [0.1, 0.15) is 19.3 Å². The van der Waals surface area contributed by atoms with E-state index in [1.807, 2.05) is 0 Å². The number of carbonyl (C=O) groups is 1. The third-order valence-electron chi connectivity index (χ3n) is 3.04. The van der Waals surface area contributed by atoms with Crippen molar-refractivity contribution in [2.45, 2.75) is 24.4 Å². The Hall–Kier alpha value is -1.70. The third-order valence-corrected chi connectivity index (χ3v) is 4.26. The van der Waals surface area contributed by atoms with Crippen molar-refractivity contribution < 1.29 is 14.5 Å². The minimum absolute atomic E-state index is 0.0110. The number of thioether (sulfide) groups is 1. The molecule has 2 rings (SSSR count). The van der Waals surface area contributed by atoms with Gasteiger partial charge in [-0.1, -0.05) is 11.8 Å². The summed E-state index contributed by atoms with van der Waals surface area (Å²) in [5.74, 6) is 0.516. The molecule has 0 saturated heterocycles. The van der Waals surface area contributed by atoms with Gasteiger partial charge < -0.3 is 4.74 Å². The Morgan fingerprint density at radius 3 is 2.63 bits per heavy atom. The van der Waals surface area contributed by atoms with Crippen LogP contribution in [0.5, 0.6) is 0 Å². The van der Waals surface area contributed by atoms with Crippen molar-refractivity contribution in [2.24, 2.45) is 5.41 Å². The van der Waals surface area contributed by atoms with Crippen LogP contribution in [0.15, 0.2) is 17.6 Å².